The maximum atomic E-state index is 13.2. The van der Waals surface area contributed by atoms with E-state index in [2.05, 4.69) is 5.32 Å². The van der Waals surface area contributed by atoms with Crippen LogP contribution in [0.2, 0.25) is 0 Å². The van der Waals surface area contributed by atoms with Crippen LogP contribution in [0, 0.1) is 0 Å². The van der Waals surface area contributed by atoms with Gasteiger partial charge in [0.1, 0.15) is 10.0 Å². The molecule has 0 atom stereocenters. The molecule has 1 aliphatic heterocycles. The van der Waals surface area contributed by atoms with E-state index in [1.54, 1.807) is 5.01 Å². The fourth-order valence-electron chi connectivity index (χ4n) is 3.17. The molecular weight excluding hydrogens is 437 g/mol. The summed E-state index contributed by atoms with van der Waals surface area (Å²) in [5.74, 6) is -1.96. The Morgan fingerprint density at radius 1 is 1.29 bits per heavy atom. The monoisotopic (exact) mass is 458 g/mol. The van der Waals surface area contributed by atoms with Gasteiger partial charge in [-0.15, -0.1) is 0 Å². The average molecular weight is 458 g/mol. The molecule has 31 heavy (non-hydrogen) atoms. The van der Waals surface area contributed by atoms with Crippen molar-refractivity contribution < 1.29 is 32.7 Å². The smallest absolute Gasteiger partial charge is 0.378 e. The predicted octanol–water partition coefficient (Wildman–Crippen LogP) is 3.34. The van der Waals surface area contributed by atoms with E-state index in [1.807, 2.05) is 13.8 Å². The summed E-state index contributed by atoms with van der Waals surface area (Å²) in [7, 11) is 0. The molecule has 0 unspecified atom stereocenters. The molecule has 0 bridgehead atoms. The fraction of sp³-hybridized carbons (Fsp3) is 0.368. The van der Waals surface area contributed by atoms with Crippen LogP contribution in [0.4, 0.5) is 23.2 Å². The van der Waals surface area contributed by atoms with Gasteiger partial charge in [0.15, 0.2) is 0 Å². The number of halogens is 3. The van der Waals surface area contributed by atoms with Gasteiger partial charge in [-0.05, 0) is 32.0 Å². The molecule has 1 fully saturated rings. The number of rotatable bonds is 5. The highest BCUT2D eigenvalue weighted by atomic mass is 32.1. The Morgan fingerprint density at radius 2 is 1.97 bits per heavy atom. The molecule has 4 N–H and O–H groups in total. The second-order valence-corrected chi connectivity index (χ2v) is 8.50. The Balaban J connectivity index is 1.92. The molecule has 0 saturated carbocycles. The number of nitrogens with one attached hydrogen (secondary N) is 1. The van der Waals surface area contributed by atoms with Crippen molar-refractivity contribution in [3.63, 3.8) is 0 Å². The molecule has 2 amide bonds. The van der Waals surface area contributed by atoms with Gasteiger partial charge >= 0.3 is 6.18 Å². The molecule has 3 rings (SSSR count). The van der Waals surface area contributed by atoms with Crippen molar-refractivity contribution in [3.8, 4) is 0 Å². The van der Waals surface area contributed by atoms with Crippen LogP contribution in [0.3, 0.4) is 0 Å². The highest BCUT2D eigenvalue weighted by Gasteiger charge is 2.37. The summed E-state index contributed by atoms with van der Waals surface area (Å²) in [6.45, 7) is 4.75. The second kappa shape index (κ2) is 8.46. The lowest BCUT2D eigenvalue weighted by atomic mass is 10.1. The summed E-state index contributed by atoms with van der Waals surface area (Å²) in [6, 6.07) is 5.56. The van der Waals surface area contributed by atoms with E-state index in [4.69, 9.17) is 10.5 Å². The number of amides is 2. The molecule has 8 nitrogen and oxygen atoms in total. The fourth-order valence-corrected chi connectivity index (χ4v) is 4.15. The molecule has 1 saturated heterocycles. The minimum absolute atomic E-state index is 0.0745. The third-order valence-corrected chi connectivity index (χ3v) is 5.73. The van der Waals surface area contributed by atoms with Crippen LogP contribution in [-0.4, -0.2) is 47.3 Å². The third kappa shape index (κ3) is 4.82. The number of hydrogen-bond acceptors (Lipinski definition) is 7. The van der Waals surface area contributed by atoms with Gasteiger partial charge in [-0.2, -0.15) is 23.4 Å². The van der Waals surface area contributed by atoms with Gasteiger partial charge in [0.2, 0.25) is 0 Å². The molecule has 12 heteroatoms. The summed E-state index contributed by atoms with van der Waals surface area (Å²) in [5, 5.41) is 15.5. The number of anilines is 2. The van der Waals surface area contributed by atoms with Crippen molar-refractivity contribution in [2.75, 3.05) is 30.2 Å². The number of hydrogen-bond donors (Lipinski definition) is 3. The Morgan fingerprint density at radius 3 is 2.58 bits per heavy atom. The van der Waals surface area contributed by atoms with Crippen LogP contribution in [0.15, 0.2) is 30.3 Å². The number of thiophene rings is 1. The minimum atomic E-state index is -4.73. The number of nitrogens with two attached hydrogens (primary N) is 1. The summed E-state index contributed by atoms with van der Waals surface area (Å²) in [4.78, 5) is 24.5. The minimum Gasteiger partial charge on any atom is -0.378 e. The van der Waals surface area contributed by atoms with E-state index in [-0.39, 0.29) is 15.6 Å². The van der Waals surface area contributed by atoms with Crippen LogP contribution >= 0.6 is 11.3 Å². The third-order valence-electron chi connectivity index (χ3n) is 4.72. The number of hydrazine groups is 1. The van der Waals surface area contributed by atoms with Crippen LogP contribution in [0.1, 0.15) is 40.1 Å². The maximum absolute atomic E-state index is 13.2. The van der Waals surface area contributed by atoms with E-state index in [0.29, 0.717) is 19.8 Å². The van der Waals surface area contributed by atoms with Crippen molar-refractivity contribution >= 4 is 33.2 Å². The lowest BCUT2D eigenvalue weighted by Crippen LogP contribution is -2.59. The van der Waals surface area contributed by atoms with Crippen molar-refractivity contribution in [3.05, 3.63) is 47.0 Å². The zero-order valence-electron chi connectivity index (χ0n) is 16.7. The van der Waals surface area contributed by atoms with E-state index < -0.39 is 34.7 Å². The number of morpholine rings is 1. The van der Waals surface area contributed by atoms with Gasteiger partial charge in [0.25, 0.3) is 11.8 Å². The Bertz CT molecular complexity index is 993. The lowest BCUT2D eigenvalue weighted by Gasteiger charge is -2.45. The van der Waals surface area contributed by atoms with E-state index >= 15 is 0 Å². The van der Waals surface area contributed by atoms with E-state index in [9.17, 15) is 28.0 Å². The van der Waals surface area contributed by atoms with Crippen molar-refractivity contribution in [2.45, 2.75) is 25.6 Å². The summed E-state index contributed by atoms with van der Waals surface area (Å²) in [5.41, 5.74) is 2.96. The van der Waals surface area contributed by atoms with Gasteiger partial charge in [-0.25, -0.2) is 0 Å². The topological polar surface area (TPSA) is 108 Å². The number of primary amides is 1. The van der Waals surface area contributed by atoms with Gasteiger partial charge in [-0.3, -0.25) is 14.8 Å². The maximum Gasteiger partial charge on any atom is 0.417 e. The number of nitrogens with zero attached hydrogens (tertiary/aromatic N) is 2. The Kier molecular flexibility index (Phi) is 6.28. The molecule has 168 valence electrons. The zero-order chi connectivity index (χ0) is 23.0. The number of carbonyl (C=O) groups excluding carboxylic acids is 2. The van der Waals surface area contributed by atoms with Gasteiger partial charge in [0.05, 0.1) is 35.4 Å². The number of carbonyl (C=O) groups is 2. The first-order chi connectivity index (χ1) is 14.4. The first kappa shape index (κ1) is 23.0. The summed E-state index contributed by atoms with van der Waals surface area (Å²) in [6.07, 6.45) is -4.73. The van der Waals surface area contributed by atoms with Crippen LogP contribution in [0.5, 0.6) is 0 Å². The van der Waals surface area contributed by atoms with E-state index in [1.165, 1.54) is 18.2 Å². The molecule has 1 aromatic carbocycles. The molecule has 0 spiro atoms. The lowest BCUT2D eigenvalue weighted by molar-refractivity contribution is -0.137. The second-order valence-electron chi connectivity index (χ2n) is 7.47. The molecule has 0 radical (unpaired) electrons. The molecule has 2 aromatic rings. The largest absolute Gasteiger partial charge is 0.417 e. The van der Waals surface area contributed by atoms with Crippen LogP contribution < -0.4 is 16.2 Å². The molecule has 1 aliphatic rings. The highest BCUT2D eigenvalue weighted by molar-refractivity contribution is 7.20. The van der Waals surface area contributed by atoms with Crippen molar-refractivity contribution in [2.24, 2.45) is 5.73 Å². The molecular formula is C19H21F3N4O4S. The number of benzene rings is 1. The average Bonchev–Trinajstić information content (AvgIpc) is 3.10. The van der Waals surface area contributed by atoms with Gasteiger partial charge in [0, 0.05) is 6.54 Å². The van der Waals surface area contributed by atoms with E-state index in [0.717, 1.165) is 28.6 Å². The predicted molar refractivity (Wildman–Crippen MR) is 108 cm³/mol. The Labute approximate surface area is 179 Å². The molecule has 1 aromatic heterocycles. The number of ether oxygens (including phenoxy) is 1. The molecule has 0 aliphatic carbocycles. The first-order valence-corrected chi connectivity index (χ1v) is 9.99. The zero-order valence-corrected chi connectivity index (χ0v) is 17.5. The van der Waals surface area contributed by atoms with Crippen LogP contribution in [-0.2, 0) is 10.9 Å². The Hall–Kier alpha value is -2.67. The van der Waals surface area contributed by atoms with Crippen molar-refractivity contribution in [1.29, 1.82) is 0 Å². The first-order valence-electron chi connectivity index (χ1n) is 9.17. The summed E-state index contributed by atoms with van der Waals surface area (Å²) >= 11 is 0.806. The SMILES string of the molecule is CC1(C)COCCN1N(O)c1cc(C(N)=O)c(NC(=O)c2ccccc2C(F)(F)F)s1. The highest BCUT2D eigenvalue weighted by Crippen LogP contribution is 2.38. The van der Waals surface area contributed by atoms with Gasteiger partial charge < -0.3 is 15.8 Å². The van der Waals surface area contributed by atoms with Gasteiger partial charge in [-0.1, -0.05) is 23.5 Å². The quantitative estimate of drug-likeness (QED) is 0.593. The summed E-state index contributed by atoms with van der Waals surface area (Å²) < 4.78 is 45.1. The normalized spacial score (nSPS) is 16.7. The standard InChI is InChI=1S/C19H21F3N4O4S/c1-18(2)10-30-8-7-25(18)26(29)14-9-12(15(23)27)17(31-14)24-16(28)11-5-3-4-6-13(11)19(20,21)22/h3-6,9,29H,7-8,10H2,1-2H3,(H2,23,27)(H,24,28). The van der Waals surface area contributed by atoms with Crippen LogP contribution in [0.25, 0.3) is 0 Å². The molecule has 2 heterocycles. The number of alkyl halides is 3. The van der Waals surface area contributed by atoms with Crippen molar-refractivity contribution in [1.82, 2.24) is 5.01 Å².